The summed E-state index contributed by atoms with van der Waals surface area (Å²) < 4.78 is 0. The van der Waals surface area contributed by atoms with Crippen molar-refractivity contribution < 1.29 is 0 Å². The summed E-state index contributed by atoms with van der Waals surface area (Å²) in [5.74, 6) is 0. The number of aryl methyl sites for hydroxylation is 1. The van der Waals surface area contributed by atoms with E-state index in [-0.39, 0.29) is 0 Å². The Hall–Kier alpha value is -1.35. The van der Waals surface area contributed by atoms with Gasteiger partial charge in [0, 0.05) is 16.1 Å². The van der Waals surface area contributed by atoms with Gasteiger partial charge in [0.25, 0.3) is 0 Å². The van der Waals surface area contributed by atoms with Gasteiger partial charge in [-0.3, -0.25) is 0 Å². The highest BCUT2D eigenvalue weighted by Gasteiger charge is 2.38. The molecule has 0 atom stereocenters. The van der Waals surface area contributed by atoms with Crippen molar-refractivity contribution in [3.05, 3.63) is 34.8 Å². The van der Waals surface area contributed by atoms with Crippen molar-refractivity contribution in [3.63, 3.8) is 0 Å². The molecule has 0 amide bonds. The summed E-state index contributed by atoms with van der Waals surface area (Å²) >= 11 is 1.90. The number of thiazole rings is 1. The van der Waals surface area contributed by atoms with Crippen molar-refractivity contribution in [1.82, 2.24) is 4.98 Å². The summed E-state index contributed by atoms with van der Waals surface area (Å²) in [6.07, 6.45) is 9.53. The van der Waals surface area contributed by atoms with E-state index in [2.05, 4.69) is 12.1 Å². The average molecular weight is 284 g/mol. The highest BCUT2D eigenvalue weighted by atomic mass is 32.1. The van der Waals surface area contributed by atoms with Crippen LogP contribution in [0.15, 0.2) is 24.3 Å². The van der Waals surface area contributed by atoms with Crippen LogP contribution in [0.3, 0.4) is 0 Å². The number of fused-ring (bicyclic) bond motifs is 1. The third-order valence-corrected chi connectivity index (χ3v) is 6.17. The Bertz CT molecular complexity index is 621. The van der Waals surface area contributed by atoms with Crippen LogP contribution in [0.25, 0.3) is 10.6 Å². The molecule has 1 heterocycles. The average Bonchev–Trinajstić information content (AvgIpc) is 3.07. The first-order chi connectivity index (χ1) is 9.74. The first-order valence-corrected chi connectivity index (χ1v) is 8.40. The molecular formula is C17H20N2S. The molecule has 20 heavy (non-hydrogen) atoms. The highest BCUT2D eigenvalue weighted by molar-refractivity contribution is 7.15. The predicted molar refractivity (Wildman–Crippen MR) is 84.9 cm³/mol. The molecular weight excluding hydrogens is 264 g/mol. The summed E-state index contributed by atoms with van der Waals surface area (Å²) in [5, 5.41) is 1.17. The number of rotatable bonds is 1. The van der Waals surface area contributed by atoms with Crippen molar-refractivity contribution >= 4 is 17.0 Å². The summed E-state index contributed by atoms with van der Waals surface area (Å²) in [5.41, 5.74) is 9.77. The zero-order chi connectivity index (χ0) is 13.6. The van der Waals surface area contributed by atoms with Gasteiger partial charge in [0.1, 0.15) is 5.01 Å². The van der Waals surface area contributed by atoms with Gasteiger partial charge in [-0.15, -0.1) is 11.3 Å². The minimum Gasteiger partial charge on any atom is -0.399 e. The first kappa shape index (κ1) is 12.4. The van der Waals surface area contributed by atoms with Crippen LogP contribution >= 0.6 is 11.3 Å². The fourth-order valence-corrected chi connectivity index (χ4v) is 5.12. The standard InChI is InChI=1S/C17H20N2S/c18-13-5-3-12(4-6-13)16-19-14-7-10-17(8-1-2-9-17)11-15(14)20-16/h3-6H,1-2,7-11,18H2. The molecule has 1 spiro atoms. The molecule has 1 saturated carbocycles. The molecule has 2 aromatic rings. The van der Waals surface area contributed by atoms with E-state index in [1.54, 1.807) is 4.88 Å². The van der Waals surface area contributed by atoms with Crippen LogP contribution in [0, 0.1) is 5.41 Å². The summed E-state index contributed by atoms with van der Waals surface area (Å²) in [7, 11) is 0. The zero-order valence-corrected chi connectivity index (χ0v) is 12.5. The molecule has 0 saturated heterocycles. The molecule has 0 bridgehead atoms. The van der Waals surface area contributed by atoms with E-state index in [9.17, 15) is 0 Å². The van der Waals surface area contributed by atoms with E-state index in [4.69, 9.17) is 10.7 Å². The second kappa shape index (κ2) is 4.59. The molecule has 1 aromatic heterocycles. The number of hydrogen-bond donors (Lipinski definition) is 1. The highest BCUT2D eigenvalue weighted by Crippen LogP contribution is 2.49. The number of benzene rings is 1. The Kier molecular flexibility index (Phi) is 2.84. The smallest absolute Gasteiger partial charge is 0.123 e. The lowest BCUT2D eigenvalue weighted by molar-refractivity contribution is 0.256. The molecule has 104 valence electrons. The van der Waals surface area contributed by atoms with Gasteiger partial charge in [-0.25, -0.2) is 4.98 Å². The maximum absolute atomic E-state index is 5.76. The molecule has 3 heteroatoms. The molecule has 0 aliphatic heterocycles. The normalized spacial score (nSPS) is 20.2. The van der Waals surface area contributed by atoms with E-state index in [0.717, 1.165) is 5.69 Å². The van der Waals surface area contributed by atoms with Crippen LogP contribution in [0.5, 0.6) is 0 Å². The number of nitrogen functional groups attached to an aromatic ring is 1. The van der Waals surface area contributed by atoms with Gasteiger partial charge >= 0.3 is 0 Å². The second-order valence-corrected chi connectivity index (χ2v) is 7.48. The molecule has 0 radical (unpaired) electrons. The molecule has 2 aliphatic rings. The van der Waals surface area contributed by atoms with Crippen LogP contribution in [0.1, 0.15) is 42.7 Å². The molecule has 2 nitrogen and oxygen atoms in total. The summed E-state index contributed by atoms with van der Waals surface area (Å²) in [4.78, 5) is 6.43. The van der Waals surface area contributed by atoms with E-state index in [0.29, 0.717) is 5.41 Å². The first-order valence-electron chi connectivity index (χ1n) is 7.59. The lowest BCUT2D eigenvalue weighted by Gasteiger charge is -2.32. The Balaban J connectivity index is 1.66. The molecule has 2 aliphatic carbocycles. The minimum atomic E-state index is 0.623. The molecule has 2 N–H and O–H groups in total. The van der Waals surface area contributed by atoms with Crippen molar-refractivity contribution in [2.45, 2.75) is 44.9 Å². The molecule has 1 aromatic carbocycles. The van der Waals surface area contributed by atoms with Gasteiger partial charge in [0.15, 0.2) is 0 Å². The van der Waals surface area contributed by atoms with E-state index < -0.39 is 0 Å². The van der Waals surface area contributed by atoms with Crippen LogP contribution < -0.4 is 5.73 Å². The number of nitrogens with two attached hydrogens (primary N) is 1. The van der Waals surface area contributed by atoms with E-state index >= 15 is 0 Å². The van der Waals surface area contributed by atoms with Gasteiger partial charge in [-0.2, -0.15) is 0 Å². The van der Waals surface area contributed by atoms with Gasteiger partial charge in [-0.05, 0) is 61.8 Å². The molecule has 4 rings (SSSR count). The summed E-state index contributed by atoms with van der Waals surface area (Å²) in [6.45, 7) is 0. The van der Waals surface area contributed by atoms with Crippen LogP contribution in [0.4, 0.5) is 5.69 Å². The monoisotopic (exact) mass is 284 g/mol. The lowest BCUT2D eigenvalue weighted by Crippen LogP contribution is -2.24. The fraction of sp³-hybridized carbons (Fsp3) is 0.471. The van der Waals surface area contributed by atoms with Gasteiger partial charge < -0.3 is 5.73 Å². The van der Waals surface area contributed by atoms with Gasteiger partial charge in [-0.1, -0.05) is 12.8 Å². The molecule has 1 fully saturated rings. The van der Waals surface area contributed by atoms with E-state index in [1.165, 1.54) is 61.2 Å². The Labute approximate surface area is 124 Å². The number of anilines is 1. The van der Waals surface area contributed by atoms with E-state index in [1.807, 2.05) is 23.5 Å². The van der Waals surface area contributed by atoms with Crippen molar-refractivity contribution in [3.8, 4) is 10.6 Å². The third-order valence-electron chi connectivity index (χ3n) is 5.03. The predicted octanol–water partition coefficient (Wildman–Crippen LogP) is 4.44. The topological polar surface area (TPSA) is 38.9 Å². The quantitative estimate of drug-likeness (QED) is 0.786. The number of hydrogen-bond acceptors (Lipinski definition) is 3. The summed E-state index contributed by atoms with van der Waals surface area (Å²) in [6, 6.07) is 8.11. The Morgan fingerprint density at radius 3 is 2.55 bits per heavy atom. The fourth-order valence-electron chi connectivity index (χ4n) is 3.83. The van der Waals surface area contributed by atoms with Crippen molar-refractivity contribution in [2.24, 2.45) is 5.41 Å². The van der Waals surface area contributed by atoms with Crippen LogP contribution in [-0.2, 0) is 12.8 Å². The maximum atomic E-state index is 5.76. The van der Waals surface area contributed by atoms with Gasteiger partial charge in [0.2, 0.25) is 0 Å². The van der Waals surface area contributed by atoms with Gasteiger partial charge in [0.05, 0.1) is 5.69 Å². The second-order valence-electron chi connectivity index (χ2n) is 6.39. The van der Waals surface area contributed by atoms with Crippen molar-refractivity contribution in [1.29, 1.82) is 0 Å². The largest absolute Gasteiger partial charge is 0.399 e. The SMILES string of the molecule is Nc1ccc(-c2nc3c(s2)CC2(CCCC2)CC3)cc1. The van der Waals surface area contributed by atoms with Crippen molar-refractivity contribution in [2.75, 3.05) is 5.73 Å². The number of aromatic nitrogens is 1. The molecule has 0 unspecified atom stereocenters. The zero-order valence-electron chi connectivity index (χ0n) is 11.7. The lowest BCUT2D eigenvalue weighted by atomic mass is 9.74. The van der Waals surface area contributed by atoms with Crippen LogP contribution in [0.2, 0.25) is 0 Å². The number of nitrogens with zero attached hydrogens (tertiary/aromatic N) is 1. The van der Waals surface area contributed by atoms with Crippen LogP contribution in [-0.4, -0.2) is 4.98 Å². The minimum absolute atomic E-state index is 0.623. The Morgan fingerprint density at radius 1 is 1.05 bits per heavy atom. The Morgan fingerprint density at radius 2 is 1.80 bits per heavy atom. The maximum Gasteiger partial charge on any atom is 0.123 e. The third kappa shape index (κ3) is 2.05.